The van der Waals surface area contributed by atoms with E-state index in [1.54, 1.807) is 0 Å². The summed E-state index contributed by atoms with van der Waals surface area (Å²) < 4.78 is 0. The molecule has 12 nitrogen and oxygen atoms in total. The smallest absolute Gasteiger partial charge is 0.179 e. The Morgan fingerprint density at radius 1 is 0.139 bits per heavy atom. The number of rotatable bonds is 13. The van der Waals surface area contributed by atoms with Crippen LogP contribution in [-0.2, 0) is 0 Å². The van der Waals surface area contributed by atoms with Crippen LogP contribution >= 0.6 is 0 Å². The molecule has 0 amide bonds. The first-order valence-electron chi connectivity index (χ1n) is 40.6. The van der Waals surface area contributed by atoms with Gasteiger partial charge >= 0.3 is 0 Å². The summed E-state index contributed by atoms with van der Waals surface area (Å²) in [6, 6.07) is 138. The van der Waals surface area contributed by atoms with Crippen LogP contribution in [0.3, 0.4) is 0 Å². The van der Waals surface area contributed by atoms with Crippen LogP contribution in [0.15, 0.2) is 413 Å². The van der Waals surface area contributed by atoms with E-state index in [2.05, 4.69) is 289 Å². The maximum Gasteiger partial charge on any atom is 0.179 e. The number of hydrogen-bond acceptors (Lipinski definition) is 12. The monoisotopic (exact) mass is 1560 g/mol. The van der Waals surface area contributed by atoms with E-state index in [9.17, 15) is 0 Å². The zero-order chi connectivity index (χ0) is 80.8. The van der Waals surface area contributed by atoms with E-state index in [0.29, 0.717) is 11.6 Å². The molecule has 0 spiro atoms. The third-order valence-electron chi connectivity index (χ3n) is 22.7. The van der Waals surface area contributed by atoms with E-state index in [1.165, 1.54) is 0 Å². The third kappa shape index (κ3) is 14.2. The Balaban J connectivity index is 0.000000146. The van der Waals surface area contributed by atoms with Crippen molar-refractivity contribution in [3.63, 3.8) is 0 Å². The van der Waals surface area contributed by atoms with Crippen LogP contribution in [0, 0.1) is 0 Å². The van der Waals surface area contributed by atoms with E-state index < -0.39 is 0 Å². The van der Waals surface area contributed by atoms with E-state index >= 15 is 0 Å². The second-order valence-electron chi connectivity index (χ2n) is 30.3. The van der Waals surface area contributed by atoms with Gasteiger partial charge in [0.25, 0.3) is 0 Å². The van der Waals surface area contributed by atoms with Crippen LogP contribution in [0.25, 0.3) is 234 Å². The van der Waals surface area contributed by atoms with Crippen molar-refractivity contribution >= 4 is 87.2 Å². The average molecular weight is 1560 g/mol. The van der Waals surface area contributed by atoms with Crippen molar-refractivity contribution in [2.24, 2.45) is 0 Å². The van der Waals surface area contributed by atoms with Crippen LogP contribution in [-0.4, -0.2) is 59.8 Å². The van der Waals surface area contributed by atoms with Crippen molar-refractivity contribution in [1.82, 2.24) is 59.8 Å². The number of aromatic nitrogens is 12. The molecule has 0 radical (unpaired) electrons. The van der Waals surface area contributed by atoms with Gasteiger partial charge in [0.15, 0.2) is 11.6 Å². The van der Waals surface area contributed by atoms with Crippen molar-refractivity contribution in [1.29, 1.82) is 0 Å². The predicted octanol–water partition coefficient (Wildman–Crippen LogP) is 27.0. The Bertz CT molecular complexity index is 7860. The van der Waals surface area contributed by atoms with Gasteiger partial charge in [-0.1, -0.05) is 291 Å². The summed E-state index contributed by atoms with van der Waals surface area (Å²) in [5.74, 6) is 1.19. The van der Waals surface area contributed by atoms with E-state index in [4.69, 9.17) is 49.8 Å². The molecule has 0 atom stereocenters. The van der Waals surface area contributed by atoms with Crippen molar-refractivity contribution in [3.8, 4) is 146 Å². The van der Waals surface area contributed by atoms with Gasteiger partial charge in [-0.3, -0.25) is 9.97 Å². The van der Waals surface area contributed by atoms with Crippen LogP contribution in [0.1, 0.15) is 0 Å². The van der Waals surface area contributed by atoms with Gasteiger partial charge in [-0.25, -0.2) is 49.8 Å². The third-order valence-corrected chi connectivity index (χ3v) is 22.7. The van der Waals surface area contributed by atoms with Crippen molar-refractivity contribution < 1.29 is 0 Å². The summed E-state index contributed by atoms with van der Waals surface area (Å²) >= 11 is 0. The lowest BCUT2D eigenvalue weighted by Gasteiger charge is -2.10. The van der Waals surface area contributed by atoms with Gasteiger partial charge in [0.2, 0.25) is 0 Å². The normalized spacial score (nSPS) is 11.4. The molecule has 13 aromatic carbocycles. The molecule has 23 aromatic rings. The largest absolute Gasteiger partial charge is 0.254 e. The molecule has 12 heteroatoms. The minimum Gasteiger partial charge on any atom is -0.254 e. The Hall–Kier alpha value is -16.7. The number of pyridine rings is 8. The highest BCUT2D eigenvalue weighted by molar-refractivity contribution is 6.09. The Kier molecular flexibility index (Phi) is 18.3. The summed E-state index contributed by atoms with van der Waals surface area (Å²) in [6.45, 7) is 0. The molecule has 122 heavy (non-hydrogen) atoms. The molecule has 0 saturated heterocycles. The fourth-order valence-electron chi connectivity index (χ4n) is 16.3. The van der Waals surface area contributed by atoms with Gasteiger partial charge in [0, 0.05) is 100.0 Å². The second kappa shape index (κ2) is 31.1. The van der Waals surface area contributed by atoms with Crippen LogP contribution in [0.5, 0.6) is 0 Å². The topological polar surface area (TPSA) is 155 Å². The molecular formula is C110H68N12. The van der Waals surface area contributed by atoms with Gasteiger partial charge < -0.3 is 0 Å². The number of fused-ring (bicyclic) bond motifs is 10. The maximum atomic E-state index is 5.16. The highest BCUT2D eigenvalue weighted by Crippen LogP contribution is 2.39. The Morgan fingerprint density at radius 2 is 0.418 bits per heavy atom. The molecular weight excluding hydrogens is 1490 g/mol. The van der Waals surface area contributed by atoms with E-state index in [-0.39, 0.29) is 0 Å². The molecule has 0 aliphatic carbocycles. The first-order chi connectivity index (χ1) is 60.3. The predicted molar refractivity (Wildman–Crippen MR) is 497 cm³/mol. The zero-order valence-corrected chi connectivity index (χ0v) is 65.6. The van der Waals surface area contributed by atoms with Gasteiger partial charge in [0.05, 0.1) is 89.7 Å². The summed E-state index contributed by atoms with van der Waals surface area (Å²) in [4.78, 5) is 59.7. The molecule has 10 heterocycles. The molecule has 0 bridgehead atoms. The first-order valence-corrected chi connectivity index (χ1v) is 40.6. The SMILES string of the molecule is c1ccc(-c2cc(-c3ccccc3)nc(-c3ccc4cc(-c5ccc6nc(-c7ccc(-c8ccc9ccc%10ccc(-c%11ccccc%11)nc%10c9n8)cc7)ccc6c5)ccc4n3)n2)cc1.c1ccc(-c2cc(-c3ccccc3)nc(-c3ccc4cc(-c5ccc6nc(-c7ccc(-c8ccnc9c8ccc8cccnc89)cc7)ccc6c5)ccc4n3)n2)cc1. The zero-order valence-electron chi connectivity index (χ0n) is 65.6. The van der Waals surface area contributed by atoms with Gasteiger partial charge in [0.1, 0.15) is 11.4 Å². The lowest BCUT2D eigenvalue weighted by Crippen LogP contribution is -1.97. The molecule has 0 fully saturated rings. The van der Waals surface area contributed by atoms with Gasteiger partial charge in [-0.2, -0.15) is 0 Å². The van der Waals surface area contributed by atoms with Crippen LogP contribution < -0.4 is 0 Å². The molecule has 0 saturated carbocycles. The maximum absolute atomic E-state index is 5.16. The fourth-order valence-corrected chi connectivity index (χ4v) is 16.3. The summed E-state index contributed by atoms with van der Waals surface area (Å²) in [5.41, 5.74) is 31.0. The Labute approximate surface area is 701 Å². The van der Waals surface area contributed by atoms with Crippen molar-refractivity contribution in [2.45, 2.75) is 0 Å². The lowest BCUT2D eigenvalue weighted by atomic mass is 9.98. The summed E-state index contributed by atoms with van der Waals surface area (Å²) in [6.07, 6.45) is 3.69. The molecule has 0 aliphatic heterocycles. The molecule has 0 aliphatic rings. The highest BCUT2D eigenvalue weighted by Gasteiger charge is 2.19. The number of hydrogen-bond donors (Lipinski definition) is 0. The standard InChI is InChI=1S/C58H36N6.C52H32N6/c1-4-10-37(11-5-1)49-28-22-42-20-21-43-23-29-50(62-57(43)56(42)61-49)41-18-16-40(17-19-41)48-32-26-46-34-44(24-30-51(46)59-48)45-25-31-52-47(35-45)27-33-53(60-52)58-63-54(38-12-6-2-7-13-38)36-55(64-58)39-14-8-3-9-15-39;1-3-8-34(9-4-1)48-32-49(35-10-5-2-6-11-35)58-52(57-48)47-26-21-41-31-39(19-24-46(41)56-47)38-18-23-45-40(30-38)20-25-44(55-45)36-15-13-33(14-16-36)42-27-29-54-51-43(42)22-17-37-12-7-28-53-50(37)51/h1-36H;1-32H. The van der Waals surface area contributed by atoms with Crippen LogP contribution in [0.2, 0.25) is 0 Å². The van der Waals surface area contributed by atoms with Crippen LogP contribution in [0.4, 0.5) is 0 Å². The van der Waals surface area contributed by atoms with Crippen molar-refractivity contribution in [3.05, 3.63) is 413 Å². The first kappa shape index (κ1) is 71.8. The summed E-state index contributed by atoms with van der Waals surface area (Å²) in [5, 5.41) is 8.56. The molecule has 10 aromatic heterocycles. The molecule has 568 valence electrons. The van der Waals surface area contributed by atoms with Gasteiger partial charge in [-0.15, -0.1) is 0 Å². The van der Waals surface area contributed by atoms with E-state index in [1.807, 2.05) is 134 Å². The molecule has 23 rings (SSSR count). The summed E-state index contributed by atoms with van der Waals surface area (Å²) in [7, 11) is 0. The van der Waals surface area contributed by atoms with E-state index in [0.717, 1.165) is 222 Å². The fraction of sp³-hybridized carbons (Fsp3) is 0. The lowest BCUT2D eigenvalue weighted by molar-refractivity contribution is 1.16. The number of benzene rings is 13. The Morgan fingerprint density at radius 3 is 0.795 bits per heavy atom. The average Bonchev–Trinajstić information content (AvgIpc) is 0.764. The second-order valence-corrected chi connectivity index (χ2v) is 30.3. The molecule has 0 unspecified atom stereocenters. The highest BCUT2D eigenvalue weighted by atomic mass is 14.9. The quantitative estimate of drug-likeness (QED) is 0.101. The van der Waals surface area contributed by atoms with Crippen molar-refractivity contribution in [2.75, 3.05) is 0 Å². The number of nitrogens with zero attached hydrogens (tertiary/aromatic N) is 12. The minimum absolute atomic E-state index is 0.593. The van der Waals surface area contributed by atoms with Gasteiger partial charge in [-0.05, 0) is 143 Å². The molecule has 0 N–H and O–H groups in total. The minimum atomic E-state index is 0.593.